The second-order valence-electron chi connectivity index (χ2n) is 5.72. The highest BCUT2D eigenvalue weighted by atomic mass is 35.5. The molecule has 118 valence electrons. The zero-order valence-corrected chi connectivity index (χ0v) is 13.3. The number of carbonyl (C=O) groups excluding carboxylic acids is 1. The molecule has 2 rings (SSSR count). The Morgan fingerprint density at radius 2 is 1.95 bits per heavy atom. The van der Waals surface area contributed by atoms with E-state index in [2.05, 4.69) is 29.6 Å². The average Bonchev–Trinajstić information content (AvgIpc) is 2.46. The van der Waals surface area contributed by atoms with Crippen molar-refractivity contribution >= 4 is 18.3 Å². The van der Waals surface area contributed by atoms with Crippen molar-refractivity contribution in [3.8, 4) is 0 Å². The van der Waals surface area contributed by atoms with Gasteiger partial charge in [-0.1, -0.05) is 30.3 Å². The van der Waals surface area contributed by atoms with Gasteiger partial charge in [-0.3, -0.25) is 4.79 Å². The molecule has 3 N–H and O–H groups in total. The zero-order valence-electron chi connectivity index (χ0n) is 12.5. The molecule has 1 amide bonds. The normalized spacial score (nSPS) is 18.4. The van der Waals surface area contributed by atoms with Gasteiger partial charge in [0.1, 0.15) is 0 Å². The molecule has 0 spiro atoms. The van der Waals surface area contributed by atoms with E-state index in [9.17, 15) is 4.79 Å². The van der Waals surface area contributed by atoms with Crippen LogP contribution in [0.5, 0.6) is 0 Å². The lowest BCUT2D eigenvalue weighted by Crippen LogP contribution is -2.45. The molecule has 0 aliphatic carbocycles. The first-order valence-corrected chi connectivity index (χ1v) is 7.28. The van der Waals surface area contributed by atoms with E-state index >= 15 is 0 Å². The third-order valence-electron chi connectivity index (χ3n) is 3.97. The summed E-state index contributed by atoms with van der Waals surface area (Å²) >= 11 is 0. The Bertz CT molecular complexity index is 431. The van der Waals surface area contributed by atoms with E-state index in [4.69, 9.17) is 10.5 Å². The zero-order chi connectivity index (χ0) is 14.4. The van der Waals surface area contributed by atoms with Crippen molar-refractivity contribution in [1.29, 1.82) is 0 Å². The van der Waals surface area contributed by atoms with Crippen LogP contribution in [0.3, 0.4) is 0 Å². The fourth-order valence-corrected chi connectivity index (χ4v) is 2.75. The molecule has 4 nitrogen and oxygen atoms in total. The molecule has 5 heteroatoms. The van der Waals surface area contributed by atoms with Crippen LogP contribution in [0.25, 0.3) is 0 Å². The minimum absolute atomic E-state index is 0. The lowest BCUT2D eigenvalue weighted by atomic mass is 9.74. The average molecular weight is 313 g/mol. The van der Waals surface area contributed by atoms with Crippen LogP contribution in [-0.4, -0.2) is 31.7 Å². The smallest absolute Gasteiger partial charge is 0.221 e. The summed E-state index contributed by atoms with van der Waals surface area (Å²) in [4.78, 5) is 11.8. The van der Waals surface area contributed by atoms with Crippen molar-refractivity contribution in [3.05, 3.63) is 35.9 Å². The third-order valence-corrected chi connectivity index (χ3v) is 3.97. The summed E-state index contributed by atoms with van der Waals surface area (Å²) in [6.45, 7) is 4.00. The number of nitrogens with two attached hydrogens (primary N) is 1. The predicted molar refractivity (Wildman–Crippen MR) is 86.7 cm³/mol. The Hall–Kier alpha value is -1.10. The van der Waals surface area contributed by atoms with Gasteiger partial charge in [0.15, 0.2) is 0 Å². The molecular formula is C16H25ClN2O2. The largest absolute Gasteiger partial charge is 0.381 e. The number of benzene rings is 1. The minimum atomic E-state index is -0.0997. The molecular weight excluding hydrogens is 288 g/mol. The highest BCUT2D eigenvalue weighted by Crippen LogP contribution is 2.34. The van der Waals surface area contributed by atoms with Crippen LogP contribution in [-0.2, 0) is 14.9 Å². The standard InChI is InChI=1S/C16H24N2O2.ClH/c1-13(17)11-15(19)18-12-16(7-9-20-10-8-16)14-5-3-2-4-6-14;/h2-6,13H,7-12,17H2,1H3,(H,18,19);1H. The van der Waals surface area contributed by atoms with Gasteiger partial charge in [0.05, 0.1) is 0 Å². The quantitative estimate of drug-likeness (QED) is 0.874. The number of nitrogens with one attached hydrogen (secondary N) is 1. The van der Waals surface area contributed by atoms with Gasteiger partial charge in [-0.15, -0.1) is 12.4 Å². The van der Waals surface area contributed by atoms with E-state index in [1.165, 1.54) is 5.56 Å². The monoisotopic (exact) mass is 312 g/mol. The Labute approximate surface area is 132 Å². The van der Waals surface area contributed by atoms with E-state index in [-0.39, 0.29) is 29.8 Å². The van der Waals surface area contributed by atoms with Gasteiger partial charge < -0.3 is 15.8 Å². The maximum absolute atomic E-state index is 11.8. The molecule has 0 bridgehead atoms. The molecule has 1 heterocycles. The molecule has 0 aromatic heterocycles. The molecule has 0 radical (unpaired) electrons. The number of rotatable bonds is 5. The Kier molecular flexibility index (Phi) is 7.15. The number of amides is 1. The number of halogens is 1. The van der Waals surface area contributed by atoms with Gasteiger partial charge in [-0.2, -0.15) is 0 Å². The topological polar surface area (TPSA) is 64.4 Å². The van der Waals surface area contributed by atoms with Gasteiger partial charge in [0, 0.05) is 37.6 Å². The van der Waals surface area contributed by atoms with E-state index in [0.717, 1.165) is 26.1 Å². The van der Waals surface area contributed by atoms with E-state index in [0.29, 0.717) is 13.0 Å². The third kappa shape index (κ3) is 4.99. The first kappa shape index (κ1) is 18.0. The summed E-state index contributed by atoms with van der Waals surface area (Å²) in [6.07, 6.45) is 2.26. The summed E-state index contributed by atoms with van der Waals surface area (Å²) in [6, 6.07) is 10.3. The molecule has 0 saturated carbocycles. The molecule has 1 unspecified atom stereocenters. The molecule has 1 aromatic rings. The summed E-state index contributed by atoms with van der Waals surface area (Å²) in [7, 11) is 0. The molecule has 1 atom stereocenters. The Morgan fingerprint density at radius 3 is 2.52 bits per heavy atom. The maximum atomic E-state index is 11.8. The number of hydrogen-bond acceptors (Lipinski definition) is 3. The fourth-order valence-electron chi connectivity index (χ4n) is 2.75. The lowest BCUT2D eigenvalue weighted by molar-refractivity contribution is -0.121. The summed E-state index contributed by atoms with van der Waals surface area (Å²) in [5.74, 6) is 0.0294. The molecule has 1 fully saturated rings. The van der Waals surface area contributed by atoms with E-state index < -0.39 is 0 Å². The number of hydrogen-bond donors (Lipinski definition) is 2. The number of ether oxygens (including phenoxy) is 1. The Morgan fingerprint density at radius 1 is 1.33 bits per heavy atom. The van der Waals surface area contributed by atoms with Crippen LogP contribution in [0.4, 0.5) is 0 Å². The van der Waals surface area contributed by atoms with E-state index in [1.54, 1.807) is 0 Å². The van der Waals surface area contributed by atoms with Crippen molar-refractivity contribution in [2.24, 2.45) is 5.73 Å². The van der Waals surface area contributed by atoms with Crippen LogP contribution >= 0.6 is 12.4 Å². The molecule has 21 heavy (non-hydrogen) atoms. The molecule has 1 aromatic carbocycles. The van der Waals surface area contributed by atoms with Crippen molar-refractivity contribution in [1.82, 2.24) is 5.32 Å². The van der Waals surface area contributed by atoms with Crippen LogP contribution in [0, 0.1) is 0 Å². The van der Waals surface area contributed by atoms with Crippen molar-refractivity contribution in [2.75, 3.05) is 19.8 Å². The Balaban J connectivity index is 0.00000220. The minimum Gasteiger partial charge on any atom is -0.381 e. The molecule has 1 aliphatic heterocycles. The van der Waals surface area contributed by atoms with Crippen molar-refractivity contribution < 1.29 is 9.53 Å². The van der Waals surface area contributed by atoms with Crippen LogP contribution in [0.15, 0.2) is 30.3 Å². The maximum Gasteiger partial charge on any atom is 0.221 e. The van der Waals surface area contributed by atoms with Crippen LogP contribution < -0.4 is 11.1 Å². The van der Waals surface area contributed by atoms with Gasteiger partial charge in [-0.05, 0) is 25.3 Å². The molecule has 1 aliphatic rings. The van der Waals surface area contributed by atoms with Gasteiger partial charge in [-0.25, -0.2) is 0 Å². The molecule has 1 saturated heterocycles. The summed E-state index contributed by atoms with van der Waals surface area (Å²) < 4.78 is 5.48. The van der Waals surface area contributed by atoms with Crippen LogP contribution in [0.2, 0.25) is 0 Å². The summed E-state index contributed by atoms with van der Waals surface area (Å²) in [5.41, 5.74) is 6.94. The first-order valence-electron chi connectivity index (χ1n) is 7.28. The number of carbonyl (C=O) groups is 1. The fraction of sp³-hybridized carbons (Fsp3) is 0.562. The SMILES string of the molecule is CC(N)CC(=O)NCC1(c2ccccc2)CCOCC1.Cl. The predicted octanol–water partition coefficient (Wildman–Crippen LogP) is 2.01. The van der Waals surface area contributed by atoms with Crippen molar-refractivity contribution in [2.45, 2.75) is 37.6 Å². The van der Waals surface area contributed by atoms with Crippen LogP contribution in [0.1, 0.15) is 31.7 Å². The van der Waals surface area contributed by atoms with Gasteiger partial charge >= 0.3 is 0 Å². The van der Waals surface area contributed by atoms with Gasteiger partial charge in [0.25, 0.3) is 0 Å². The van der Waals surface area contributed by atoms with Crippen molar-refractivity contribution in [3.63, 3.8) is 0 Å². The first-order chi connectivity index (χ1) is 9.62. The van der Waals surface area contributed by atoms with Gasteiger partial charge in [0.2, 0.25) is 5.91 Å². The second kappa shape index (κ2) is 8.37. The highest BCUT2D eigenvalue weighted by molar-refractivity contribution is 5.85. The summed E-state index contributed by atoms with van der Waals surface area (Å²) in [5, 5.41) is 3.05. The lowest BCUT2D eigenvalue weighted by Gasteiger charge is -2.38. The van der Waals surface area contributed by atoms with E-state index in [1.807, 2.05) is 13.0 Å². The highest BCUT2D eigenvalue weighted by Gasteiger charge is 2.34. The second-order valence-corrected chi connectivity index (χ2v) is 5.72.